The van der Waals surface area contributed by atoms with Gasteiger partial charge in [-0.05, 0) is 48.1 Å². The Morgan fingerprint density at radius 3 is 2.64 bits per heavy atom. The molecule has 2 aromatic heterocycles. The van der Waals surface area contributed by atoms with E-state index < -0.39 is 0 Å². The van der Waals surface area contributed by atoms with Crippen LogP contribution >= 0.6 is 0 Å². The maximum atomic E-state index is 12.1. The summed E-state index contributed by atoms with van der Waals surface area (Å²) in [5.74, 6) is 0.697. The van der Waals surface area contributed by atoms with Gasteiger partial charge in [-0.3, -0.25) is 9.13 Å². The smallest absolute Gasteiger partial charge is 0.326 e. The second-order valence-electron chi connectivity index (χ2n) is 7.09. The molecule has 126 valence electrons. The molecule has 0 saturated heterocycles. The highest BCUT2D eigenvalue weighted by Crippen LogP contribution is 2.42. The molecule has 0 unspecified atom stereocenters. The minimum atomic E-state index is 0.00862. The average Bonchev–Trinajstić information content (AvgIpc) is 3.37. The van der Waals surface area contributed by atoms with Crippen LogP contribution in [0.25, 0.3) is 22.1 Å². The normalized spacial score (nSPS) is 14.6. The summed E-state index contributed by atoms with van der Waals surface area (Å²) >= 11 is 0. The number of nitrogens with zero attached hydrogens (tertiary/aromatic N) is 4. The number of rotatable bonds is 3. The molecule has 0 atom stereocenters. The van der Waals surface area contributed by atoms with Crippen LogP contribution in [0.1, 0.15) is 29.9 Å². The van der Waals surface area contributed by atoms with E-state index in [-0.39, 0.29) is 5.69 Å². The van der Waals surface area contributed by atoms with Crippen molar-refractivity contribution >= 4 is 22.1 Å². The fourth-order valence-electron chi connectivity index (χ4n) is 3.81. The fraction of sp³-hybridized carbons (Fsp3) is 0.300. The molecule has 4 aromatic rings. The molecule has 1 aliphatic carbocycles. The van der Waals surface area contributed by atoms with Gasteiger partial charge in [0.1, 0.15) is 0 Å². The van der Waals surface area contributed by atoms with Crippen LogP contribution in [0, 0.1) is 0 Å². The Bertz CT molecular complexity index is 1170. The first-order chi connectivity index (χ1) is 12.1. The van der Waals surface area contributed by atoms with Gasteiger partial charge < -0.3 is 4.57 Å². The monoisotopic (exact) mass is 332 g/mol. The van der Waals surface area contributed by atoms with Gasteiger partial charge in [0, 0.05) is 20.6 Å². The molecule has 5 nitrogen and oxygen atoms in total. The molecule has 0 bridgehead atoms. The Balaban J connectivity index is 1.58. The minimum Gasteiger partial charge on any atom is -0.326 e. The van der Waals surface area contributed by atoms with Gasteiger partial charge in [0.25, 0.3) is 0 Å². The van der Waals surface area contributed by atoms with Crippen LogP contribution in [0.5, 0.6) is 0 Å². The lowest BCUT2D eigenvalue weighted by atomic mass is 10.1. The van der Waals surface area contributed by atoms with Crippen LogP contribution < -0.4 is 5.69 Å². The highest BCUT2D eigenvalue weighted by atomic mass is 16.1. The molecule has 0 amide bonds. The van der Waals surface area contributed by atoms with Crippen molar-refractivity contribution in [2.24, 2.45) is 14.1 Å². The molecule has 5 heteroatoms. The molecule has 0 N–H and O–H groups in total. The summed E-state index contributed by atoms with van der Waals surface area (Å²) in [4.78, 5) is 16.8. The molecule has 25 heavy (non-hydrogen) atoms. The zero-order valence-electron chi connectivity index (χ0n) is 14.4. The van der Waals surface area contributed by atoms with Crippen molar-refractivity contribution in [1.29, 1.82) is 0 Å². The molecule has 1 fully saturated rings. The lowest BCUT2D eigenvalue weighted by molar-refractivity contribution is 0.794. The van der Waals surface area contributed by atoms with Gasteiger partial charge in [-0.2, -0.15) is 0 Å². The Hall–Kier alpha value is -2.82. The third-order valence-corrected chi connectivity index (χ3v) is 5.39. The Morgan fingerprint density at radius 1 is 1.04 bits per heavy atom. The van der Waals surface area contributed by atoms with E-state index in [0.717, 1.165) is 23.1 Å². The number of hydrogen-bond acceptors (Lipinski definition) is 2. The summed E-state index contributed by atoms with van der Waals surface area (Å²) in [5.41, 5.74) is 6.82. The molecule has 2 heterocycles. The first-order valence-electron chi connectivity index (χ1n) is 8.71. The summed E-state index contributed by atoms with van der Waals surface area (Å²) in [6.07, 6.45) is 4.50. The van der Waals surface area contributed by atoms with Crippen molar-refractivity contribution in [3.63, 3.8) is 0 Å². The Labute approximate surface area is 145 Å². The molecule has 5 rings (SSSR count). The number of para-hydroxylation sites is 1. The molecule has 0 aliphatic heterocycles. The Morgan fingerprint density at radius 2 is 1.84 bits per heavy atom. The lowest BCUT2D eigenvalue weighted by Crippen LogP contribution is -2.19. The van der Waals surface area contributed by atoms with E-state index in [2.05, 4.69) is 39.9 Å². The number of imidazole rings is 2. The SMILES string of the molecule is Cn1c(=O)n(C)c2cc(Cn3cnc4c(C5CC5)cccc43)ccc21. The van der Waals surface area contributed by atoms with Crippen molar-refractivity contribution in [3.05, 3.63) is 64.3 Å². The zero-order valence-corrected chi connectivity index (χ0v) is 14.4. The van der Waals surface area contributed by atoms with Crippen molar-refractivity contribution in [1.82, 2.24) is 18.7 Å². The number of fused-ring (bicyclic) bond motifs is 2. The molecular formula is C20H20N4O. The molecule has 2 aromatic carbocycles. The number of aromatic nitrogens is 4. The molecular weight excluding hydrogens is 312 g/mol. The summed E-state index contributed by atoms with van der Waals surface area (Å²) < 4.78 is 5.59. The molecule has 1 saturated carbocycles. The predicted octanol–water partition coefficient (Wildman–Crippen LogP) is 3.15. The largest absolute Gasteiger partial charge is 0.328 e. The molecule has 0 spiro atoms. The maximum absolute atomic E-state index is 12.1. The van der Waals surface area contributed by atoms with Crippen molar-refractivity contribution in [3.8, 4) is 0 Å². The van der Waals surface area contributed by atoms with Gasteiger partial charge >= 0.3 is 5.69 Å². The number of aryl methyl sites for hydroxylation is 2. The van der Waals surface area contributed by atoms with Crippen LogP contribution in [0.2, 0.25) is 0 Å². The Kier molecular flexibility index (Phi) is 2.95. The van der Waals surface area contributed by atoms with Gasteiger partial charge in [0.2, 0.25) is 0 Å². The second-order valence-corrected chi connectivity index (χ2v) is 7.09. The first kappa shape index (κ1) is 14.5. The predicted molar refractivity (Wildman–Crippen MR) is 99.0 cm³/mol. The van der Waals surface area contributed by atoms with Gasteiger partial charge in [0.05, 0.1) is 28.4 Å². The van der Waals surface area contributed by atoms with Gasteiger partial charge in [-0.25, -0.2) is 9.78 Å². The van der Waals surface area contributed by atoms with Crippen molar-refractivity contribution < 1.29 is 0 Å². The van der Waals surface area contributed by atoms with E-state index >= 15 is 0 Å². The average molecular weight is 332 g/mol. The second kappa shape index (κ2) is 5.09. The lowest BCUT2D eigenvalue weighted by Gasteiger charge is -2.07. The third kappa shape index (κ3) is 2.15. The summed E-state index contributed by atoms with van der Waals surface area (Å²) in [7, 11) is 3.64. The van der Waals surface area contributed by atoms with Gasteiger partial charge in [-0.15, -0.1) is 0 Å². The van der Waals surface area contributed by atoms with E-state index in [1.807, 2.05) is 26.5 Å². The highest BCUT2D eigenvalue weighted by molar-refractivity contribution is 5.80. The summed E-state index contributed by atoms with van der Waals surface area (Å²) in [6.45, 7) is 0.754. The van der Waals surface area contributed by atoms with E-state index in [0.29, 0.717) is 5.92 Å². The minimum absolute atomic E-state index is 0.00862. The number of hydrogen-bond donors (Lipinski definition) is 0. The first-order valence-corrected chi connectivity index (χ1v) is 8.71. The summed E-state index contributed by atoms with van der Waals surface area (Å²) in [6, 6.07) is 12.7. The zero-order chi connectivity index (χ0) is 17.1. The van der Waals surface area contributed by atoms with Crippen LogP contribution in [0.4, 0.5) is 0 Å². The standard InChI is InChI=1S/C20H20N4O/c1-22-16-9-6-13(10-18(16)23(2)20(22)25)11-24-12-21-19-15(14-7-8-14)4-3-5-17(19)24/h3-6,9-10,12,14H,7-8,11H2,1-2H3. The van der Waals surface area contributed by atoms with Crippen molar-refractivity contribution in [2.75, 3.05) is 0 Å². The highest BCUT2D eigenvalue weighted by Gasteiger charge is 2.26. The van der Waals surface area contributed by atoms with E-state index in [9.17, 15) is 4.79 Å². The molecule has 0 radical (unpaired) electrons. The fourth-order valence-corrected chi connectivity index (χ4v) is 3.81. The van der Waals surface area contributed by atoms with Gasteiger partial charge in [0.15, 0.2) is 0 Å². The van der Waals surface area contributed by atoms with Crippen molar-refractivity contribution in [2.45, 2.75) is 25.3 Å². The topological polar surface area (TPSA) is 44.8 Å². The summed E-state index contributed by atoms with van der Waals surface area (Å²) in [5, 5.41) is 0. The quantitative estimate of drug-likeness (QED) is 0.578. The maximum Gasteiger partial charge on any atom is 0.328 e. The van der Waals surface area contributed by atoms with E-state index in [1.165, 1.54) is 29.5 Å². The van der Waals surface area contributed by atoms with Crippen LogP contribution in [-0.4, -0.2) is 18.7 Å². The van der Waals surface area contributed by atoms with Crippen LogP contribution in [0.3, 0.4) is 0 Å². The van der Waals surface area contributed by atoms with Gasteiger partial charge in [-0.1, -0.05) is 18.2 Å². The van der Waals surface area contributed by atoms with E-state index in [1.54, 1.807) is 9.13 Å². The molecule has 1 aliphatic rings. The van der Waals surface area contributed by atoms with Crippen LogP contribution in [-0.2, 0) is 20.6 Å². The van der Waals surface area contributed by atoms with Crippen LogP contribution in [0.15, 0.2) is 47.5 Å². The third-order valence-electron chi connectivity index (χ3n) is 5.39. The van der Waals surface area contributed by atoms with E-state index in [4.69, 9.17) is 0 Å². The number of benzene rings is 2.